The first kappa shape index (κ1) is 38.1. The average Bonchev–Trinajstić information content (AvgIpc) is 3.21. The molecule has 6 aromatic carbocycles. The van der Waals surface area contributed by atoms with Crippen molar-refractivity contribution < 1.29 is 19.1 Å². The van der Waals surface area contributed by atoms with Crippen LogP contribution < -0.4 is 31.8 Å². The molecule has 6 rings (SSSR count). The van der Waals surface area contributed by atoms with Crippen LogP contribution in [0.5, 0.6) is 0 Å². The fraction of sp³-hybridized carbons (Fsp3) is 0.130. The molecule has 0 N–H and O–H groups in total. The van der Waals surface area contributed by atoms with Gasteiger partial charge in [-0.25, -0.2) is 4.79 Å². The van der Waals surface area contributed by atoms with E-state index in [9.17, 15) is 9.59 Å². The molecule has 0 heterocycles. The van der Waals surface area contributed by atoms with Crippen molar-refractivity contribution in [2.75, 3.05) is 13.2 Å². The van der Waals surface area contributed by atoms with Gasteiger partial charge in [-0.2, -0.15) is 0 Å². The summed E-state index contributed by atoms with van der Waals surface area (Å²) in [6.45, 7) is 2.04. The number of benzene rings is 6. The molecule has 0 aliphatic heterocycles. The summed E-state index contributed by atoms with van der Waals surface area (Å²) >= 11 is 0. The van der Waals surface area contributed by atoms with Crippen LogP contribution in [-0.2, 0) is 19.1 Å². The molecule has 0 spiro atoms. The third-order valence-corrected chi connectivity index (χ3v) is 17.3. The van der Waals surface area contributed by atoms with Crippen molar-refractivity contribution in [3.05, 3.63) is 182 Å². The van der Waals surface area contributed by atoms with Gasteiger partial charge in [0, 0.05) is 5.29 Å². The third kappa shape index (κ3) is 8.48. The molecule has 0 aliphatic carbocycles. The summed E-state index contributed by atoms with van der Waals surface area (Å²) in [4.78, 5) is 25.0. The van der Waals surface area contributed by atoms with Crippen molar-refractivity contribution in [1.82, 2.24) is 0 Å². The lowest BCUT2D eigenvalue weighted by atomic mass is 10.4. The highest BCUT2D eigenvalue weighted by Gasteiger charge is 2.31. The molecule has 52 heavy (non-hydrogen) atoms. The maximum absolute atomic E-state index is 12.9. The smallest absolute Gasteiger partial charge is 0.334 e. The lowest BCUT2D eigenvalue weighted by Gasteiger charge is -2.31. The normalized spacial score (nSPS) is 11.0. The van der Waals surface area contributed by atoms with Gasteiger partial charge in [0.05, 0.1) is 19.6 Å². The largest absolute Gasteiger partial charge is 0.466 e. The zero-order valence-corrected chi connectivity index (χ0v) is 31.8. The van der Waals surface area contributed by atoms with E-state index >= 15 is 0 Å². The number of carbonyl (C=O) groups is 2. The molecule has 0 amide bonds. The van der Waals surface area contributed by atoms with Crippen LogP contribution in [0.1, 0.15) is 27.2 Å². The fourth-order valence-electron chi connectivity index (χ4n) is 6.54. The van der Waals surface area contributed by atoms with E-state index in [1.807, 2.05) is 93.6 Å². The molecule has 6 heteroatoms. The second-order valence-corrected chi connectivity index (χ2v) is 18.8. The summed E-state index contributed by atoms with van der Waals surface area (Å²) in [6, 6.07) is 62.4. The van der Waals surface area contributed by atoms with E-state index in [-0.39, 0.29) is 11.9 Å². The van der Waals surface area contributed by atoms with Gasteiger partial charge < -0.3 is 9.47 Å². The van der Waals surface area contributed by atoms with Gasteiger partial charge in [-0.1, -0.05) is 188 Å². The van der Waals surface area contributed by atoms with Crippen molar-refractivity contribution >= 4 is 68.6 Å². The van der Waals surface area contributed by atoms with Gasteiger partial charge >= 0.3 is 11.9 Å². The Morgan fingerprint density at radius 2 is 0.750 bits per heavy atom. The highest BCUT2D eigenvalue weighted by molar-refractivity contribution is 7.96. The van der Waals surface area contributed by atoms with E-state index in [2.05, 4.69) is 115 Å². The number of rotatable bonds is 11. The van der Waals surface area contributed by atoms with Crippen molar-refractivity contribution in [3.63, 3.8) is 0 Å². The minimum atomic E-state index is -2.29. The van der Waals surface area contributed by atoms with Crippen LogP contribution >= 0.6 is 13.8 Å². The first-order valence-corrected chi connectivity index (χ1v) is 21.3. The summed E-state index contributed by atoms with van der Waals surface area (Å²) in [6.07, 6.45) is 0.292. The number of hydrogen-bond donors (Lipinski definition) is 0. The molecule has 4 nitrogen and oxygen atoms in total. The van der Waals surface area contributed by atoms with Crippen molar-refractivity contribution in [1.29, 1.82) is 0 Å². The van der Waals surface area contributed by atoms with Gasteiger partial charge in [-0.05, 0) is 66.4 Å². The molecule has 0 aromatic heterocycles. The maximum Gasteiger partial charge on any atom is 0.334 e. The predicted molar refractivity (Wildman–Crippen MR) is 225 cm³/mol. The first-order valence-electron chi connectivity index (χ1n) is 17.6. The lowest BCUT2D eigenvalue weighted by Crippen LogP contribution is -2.33. The molecule has 0 bridgehead atoms. The van der Waals surface area contributed by atoms with E-state index in [0.717, 1.165) is 21.2 Å². The molecule has 0 fully saturated rings. The predicted octanol–water partition coefficient (Wildman–Crippen LogP) is 7.47. The third-order valence-electron chi connectivity index (χ3n) is 8.83. The molecule has 0 atom stereocenters. The first-order chi connectivity index (χ1) is 25.5. The molecule has 0 saturated heterocycles. The van der Waals surface area contributed by atoms with Crippen molar-refractivity contribution in [3.8, 4) is 0 Å². The quantitative estimate of drug-likeness (QED) is 0.103. The Kier molecular flexibility index (Phi) is 13.9. The minimum Gasteiger partial charge on any atom is -0.466 e. The number of ether oxygens (including phenoxy) is 2. The lowest BCUT2D eigenvalue weighted by molar-refractivity contribution is -0.141. The standard InChI is InChI=1S/2C23H23O2P/c1-3-25-23(24)19(2)26(20-13-7-4-8-14-20,21-15-9-5-10-16-21)22-17-11-6-12-18-22;1-2-25-23(24)18-19-26(20-12-6-3-7-13-20,21-14-8-4-9-15-21)22-16-10-5-11-17-22/h4-18H,3H2,1-2H3;3-17,19H,2,18H2,1H3. The van der Waals surface area contributed by atoms with E-state index in [4.69, 9.17) is 9.47 Å². The highest BCUT2D eigenvalue weighted by atomic mass is 31.2. The Balaban J connectivity index is 0.000000201. The van der Waals surface area contributed by atoms with Crippen LogP contribution in [0.3, 0.4) is 0 Å². The van der Waals surface area contributed by atoms with Crippen LogP contribution in [0.4, 0.5) is 0 Å². The average molecular weight is 725 g/mol. The molecule has 0 unspecified atom stereocenters. The summed E-state index contributed by atoms with van der Waals surface area (Å²) in [5, 5.41) is 7.95. The van der Waals surface area contributed by atoms with Crippen molar-refractivity contribution in [2.45, 2.75) is 27.2 Å². The Morgan fingerprint density at radius 3 is 1.04 bits per heavy atom. The number of esters is 2. The van der Waals surface area contributed by atoms with E-state index < -0.39 is 13.8 Å². The van der Waals surface area contributed by atoms with Gasteiger partial charge in [0.25, 0.3) is 0 Å². The summed E-state index contributed by atoms with van der Waals surface area (Å²) in [7, 11) is 0. The van der Waals surface area contributed by atoms with Crippen LogP contribution in [0.2, 0.25) is 0 Å². The SMILES string of the molecule is CCOC(=O)C(C)=P(c1ccccc1)(c1ccccc1)c1ccccc1.CCOC(=O)CC=P(c1ccccc1)(c1ccccc1)c1ccccc1. The van der Waals surface area contributed by atoms with Gasteiger partial charge in [0.15, 0.2) is 0 Å². The molecule has 264 valence electrons. The van der Waals surface area contributed by atoms with Crippen molar-refractivity contribution in [2.24, 2.45) is 0 Å². The van der Waals surface area contributed by atoms with E-state index in [1.54, 1.807) is 0 Å². The number of carbonyl (C=O) groups excluding carboxylic acids is 2. The number of hydrogen-bond acceptors (Lipinski definition) is 4. The van der Waals surface area contributed by atoms with Crippen LogP contribution in [0, 0.1) is 0 Å². The van der Waals surface area contributed by atoms with Crippen LogP contribution in [-0.4, -0.2) is 36.2 Å². The summed E-state index contributed by atoms with van der Waals surface area (Å²) in [5.41, 5.74) is 0. The molecular weight excluding hydrogens is 678 g/mol. The molecule has 0 radical (unpaired) electrons. The molecule has 6 aromatic rings. The zero-order valence-electron chi connectivity index (χ0n) is 30.0. The minimum absolute atomic E-state index is 0.181. The van der Waals surface area contributed by atoms with Gasteiger partial charge in [0.2, 0.25) is 0 Å². The Bertz CT molecular complexity index is 1910. The summed E-state index contributed by atoms with van der Waals surface area (Å²) < 4.78 is 10.6. The molecule has 0 aliphatic rings. The highest BCUT2D eigenvalue weighted by Crippen LogP contribution is 2.46. The van der Waals surface area contributed by atoms with Gasteiger partial charge in [-0.3, -0.25) is 4.79 Å². The zero-order chi connectivity index (χ0) is 36.7. The second-order valence-electron chi connectivity index (χ2n) is 11.9. The summed E-state index contributed by atoms with van der Waals surface area (Å²) in [5.74, 6) is 1.78. The fourth-order valence-corrected chi connectivity index (χ4v) is 14.7. The van der Waals surface area contributed by atoms with E-state index in [0.29, 0.717) is 19.6 Å². The Hall–Kier alpha value is -5.14. The topological polar surface area (TPSA) is 52.6 Å². The van der Waals surface area contributed by atoms with Crippen LogP contribution in [0.25, 0.3) is 0 Å². The Labute approximate surface area is 309 Å². The van der Waals surface area contributed by atoms with Crippen LogP contribution in [0.15, 0.2) is 182 Å². The van der Waals surface area contributed by atoms with Gasteiger partial charge in [0.1, 0.15) is 0 Å². The molecule has 0 saturated carbocycles. The second kappa shape index (κ2) is 18.9. The Morgan fingerprint density at radius 1 is 0.462 bits per heavy atom. The van der Waals surface area contributed by atoms with Gasteiger partial charge in [-0.15, -0.1) is 0 Å². The molecular formula is C46H46O4P2. The van der Waals surface area contributed by atoms with E-state index in [1.165, 1.54) is 15.9 Å². The monoisotopic (exact) mass is 724 g/mol. The maximum atomic E-state index is 12.9.